The van der Waals surface area contributed by atoms with Crippen LogP contribution in [-0.4, -0.2) is 17.5 Å². The summed E-state index contributed by atoms with van der Waals surface area (Å²) in [5, 5.41) is 3.19. The number of carbonyl (C=O) groups excluding carboxylic acids is 2. The second-order valence-corrected chi connectivity index (χ2v) is 6.52. The fourth-order valence-electron chi connectivity index (χ4n) is 2.69. The number of esters is 1. The molecule has 0 aliphatic heterocycles. The average molecular weight is 301 g/mol. The van der Waals surface area contributed by atoms with Gasteiger partial charge in [-0.2, -0.15) is 0 Å². The largest absolute Gasteiger partial charge is 0.459 e. The maximum atomic E-state index is 12.6. The summed E-state index contributed by atoms with van der Waals surface area (Å²) in [7, 11) is 0. The number of hydrogen-bond acceptors (Lipinski definition) is 3. The van der Waals surface area contributed by atoms with Gasteiger partial charge in [0.25, 0.3) is 0 Å². The molecule has 0 saturated heterocycles. The molecule has 0 aromatic heterocycles. The number of nitrogens with zero attached hydrogens (tertiary/aromatic N) is 3. The number of azide groups is 1. The van der Waals surface area contributed by atoms with Gasteiger partial charge in [-0.05, 0) is 61.8 Å². The van der Waals surface area contributed by atoms with Crippen molar-refractivity contribution in [2.45, 2.75) is 45.6 Å². The van der Waals surface area contributed by atoms with Crippen molar-refractivity contribution in [3.05, 3.63) is 45.8 Å². The molecule has 0 spiro atoms. The number of carbonyl (C=O) groups is 2. The van der Waals surface area contributed by atoms with Crippen molar-refractivity contribution in [1.29, 1.82) is 0 Å². The van der Waals surface area contributed by atoms with E-state index in [0.717, 1.165) is 11.1 Å². The van der Waals surface area contributed by atoms with E-state index in [4.69, 9.17) is 10.3 Å². The van der Waals surface area contributed by atoms with Crippen LogP contribution in [0.4, 0.5) is 0 Å². The van der Waals surface area contributed by atoms with E-state index in [1.54, 1.807) is 20.8 Å². The smallest absolute Gasteiger partial charge is 0.320 e. The molecule has 1 atom stereocenters. The summed E-state index contributed by atoms with van der Waals surface area (Å²) < 4.78 is 5.42. The van der Waals surface area contributed by atoms with E-state index >= 15 is 0 Å². The molecule has 0 heterocycles. The predicted molar refractivity (Wildman–Crippen MR) is 80.9 cm³/mol. The van der Waals surface area contributed by atoms with Crippen molar-refractivity contribution >= 4 is 11.9 Å². The Morgan fingerprint density at radius 3 is 2.50 bits per heavy atom. The maximum absolute atomic E-state index is 12.6. The van der Waals surface area contributed by atoms with Crippen LogP contribution in [0.2, 0.25) is 0 Å². The Morgan fingerprint density at radius 1 is 1.27 bits per heavy atom. The van der Waals surface area contributed by atoms with Crippen LogP contribution in [0.5, 0.6) is 0 Å². The Labute approximate surface area is 129 Å². The van der Waals surface area contributed by atoms with Crippen molar-refractivity contribution in [2.75, 3.05) is 0 Å². The number of ether oxygens (including phenoxy) is 1. The van der Waals surface area contributed by atoms with Crippen molar-refractivity contribution < 1.29 is 14.3 Å². The second-order valence-electron chi connectivity index (χ2n) is 6.52. The lowest BCUT2D eigenvalue weighted by Gasteiger charge is -2.35. The van der Waals surface area contributed by atoms with Crippen LogP contribution in [-0.2, 0) is 27.2 Å². The molecule has 0 bridgehead atoms. The quantitative estimate of drug-likeness (QED) is 0.276. The van der Waals surface area contributed by atoms with E-state index in [2.05, 4.69) is 10.0 Å². The first kappa shape index (κ1) is 16.0. The molecule has 0 N–H and O–H groups in total. The molecule has 1 aromatic carbocycles. The number of amides is 1. The first-order chi connectivity index (χ1) is 10.3. The van der Waals surface area contributed by atoms with Gasteiger partial charge in [0.15, 0.2) is 0 Å². The summed E-state index contributed by atoms with van der Waals surface area (Å²) >= 11 is 0. The third-order valence-corrected chi connectivity index (χ3v) is 3.77. The molecule has 1 aromatic rings. The highest BCUT2D eigenvalue weighted by molar-refractivity contribution is 6.03. The van der Waals surface area contributed by atoms with Crippen LogP contribution in [0.3, 0.4) is 0 Å². The van der Waals surface area contributed by atoms with Crippen LogP contribution in [0.25, 0.3) is 10.4 Å². The van der Waals surface area contributed by atoms with Gasteiger partial charge in [0.05, 0.1) is 0 Å². The van der Waals surface area contributed by atoms with E-state index in [1.165, 1.54) is 0 Å². The van der Waals surface area contributed by atoms with Crippen LogP contribution in [0, 0.1) is 5.41 Å². The lowest BCUT2D eigenvalue weighted by Crippen LogP contribution is -2.46. The van der Waals surface area contributed by atoms with Crippen molar-refractivity contribution in [3.8, 4) is 0 Å². The summed E-state index contributed by atoms with van der Waals surface area (Å²) in [6.07, 6.45) is 1.06. The Balaban J connectivity index is 2.43. The van der Waals surface area contributed by atoms with Gasteiger partial charge in [-0.1, -0.05) is 24.3 Å². The van der Waals surface area contributed by atoms with Crippen molar-refractivity contribution in [3.63, 3.8) is 0 Å². The van der Waals surface area contributed by atoms with Gasteiger partial charge in [0.2, 0.25) is 5.91 Å². The molecule has 1 aliphatic rings. The summed E-state index contributed by atoms with van der Waals surface area (Å²) in [4.78, 5) is 27.5. The molecule has 116 valence electrons. The highest BCUT2D eigenvalue weighted by Gasteiger charge is 2.49. The first-order valence-electron chi connectivity index (χ1n) is 7.18. The van der Waals surface area contributed by atoms with E-state index in [9.17, 15) is 9.59 Å². The minimum Gasteiger partial charge on any atom is -0.459 e. The number of rotatable bonds is 2. The predicted octanol–water partition coefficient (Wildman–Crippen LogP) is 3.34. The number of fused-ring (bicyclic) bond motifs is 1. The van der Waals surface area contributed by atoms with Crippen LogP contribution >= 0.6 is 0 Å². The molecule has 1 unspecified atom stereocenters. The number of benzene rings is 1. The van der Waals surface area contributed by atoms with Crippen molar-refractivity contribution in [2.24, 2.45) is 10.5 Å². The van der Waals surface area contributed by atoms with Gasteiger partial charge in [-0.3, -0.25) is 9.59 Å². The summed E-state index contributed by atoms with van der Waals surface area (Å²) in [5.41, 5.74) is 8.47. The number of aryl methyl sites for hydroxylation is 1. The maximum Gasteiger partial charge on any atom is 0.320 e. The molecule has 22 heavy (non-hydrogen) atoms. The zero-order valence-corrected chi connectivity index (χ0v) is 13.0. The van der Waals surface area contributed by atoms with Crippen LogP contribution < -0.4 is 0 Å². The zero-order valence-electron chi connectivity index (χ0n) is 13.0. The molecule has 0 radical (unpaired) electrons. The fourth-order valence-corrected chi connectivity index (χ4v) is 2.69. The third-order valence-electron chi connectivity index (χ3n) is 3.77. The summed E-state index contributed by atoms with van der Waals surface area (Å²) in [6, 6.07) is 7.65. The minimum absolute atomic E-state index is 0.204. The second kappa shape index (κ2) is 5.81. The van der Waals surface area contributed by atoms with Gasteiger partial charge in [-0.15, -0.1) is 0 Å². The molecule has 1 amide bonds. The fraction of sp³-hybridized carbons (Fsp3) is 0.500. The molecule has 0 fully saturated rings. The van der Waals surface area contributed by atoms with Gasteiger partial charge in [0.1, 0.15) is 11.0 Å². The van der Waals surface area contributed by atoms with Crippen LogP contribution in [0.1, 0.15) is 38.3 Å². The minimum atomic E-state index is -1.42. The molecule has 6 nitrogen and oxygen atoms in total. The first-order valence-corrected chi connectivity index (χ1v) is 7.18. The normalized spacial score (nSPS) is 20.5. The standard InChI is InChI=1S/C16H19N3O3/c1-15(2,3)22-14(21)16(13(20)18-19-17)9-8-11-6-4-5-7-12(11)10-16/h4-7H,8-10H2,1-3H3. The molecular formula is C16H19N3O3. The van der Waals surface area contributed by atoms with Gasteiger partial charge >= 0.3 is 5.97 Å². The van der Waals surface area contributed by atoms with E-state index in [-0.39, 0.29) is 12.8 Å². The third kappa shape index (κ3) is 3.12. The van der Waals surface area contributed by atoms with Gasteiger partial charge in [-0.25, -0.2) is 0 Å². The summed E-state index contributed by atoms with van der Waals surface area (Å²) in [5.74, 6) is -1.38. The highest BCUT2D eigenvalue weighted by atomic mass is 16.6. The molecule has 1 aliphatic carbocycles. The Kier molecular flexibility index (Phi) is 4.24. The van der Waals surface area contributed by atoms with E-state index in [0.29, 0.717) is 6.42 Å². The lowest BCUT2D eigenvalue weighted by molar-refractivity contribution is -0.171. The van der Waals surface area contributed by atoms with Gasteiger partial charge < -0.3 is 4.74 Å². The van der Waals surface area contributed by atoms with Gasteiger partial charge in [0, 0.05) is 4.91 Å². The Hall–Kier alpha value is -2.33. The van der Waals surface area contributed by atoms with E-state index < -0.39 is 22.9 Å². The SMILES string of the molecule is CC(C)(C)OC(=O)C1(C(=O)N=[N+]=[N-])CCc2ccccc2C1. The Morgan fingerprint density at radius 2 is 1.91 bits per heavy atom. The average Bonchev–Trinajstić information content (AvgIpc) is 2.45. The molecule has 2 rings (SSSR count). The Bertz CT molecular complexity index is 657. The summed E-state index contributed by atoms with van der Waals surface area (Å²) in [6.45, 7) is 5.23. The topological polar surface area (TPSA) is 92.1 Å². The molecule has 6 heteroatoms. The molecular weight excluding hydrogens is 282 g/mol. The lowest BCUT2D eigenvalue weighted by atomic mass is 9.71. The molecule has 0 saturated carbocycles. The van der Waals surface area contributed by atoms with E-state index in [1.807, 2.05) is 24.3 Å². The zero-order chi connectivity index (χ0) is 16.4. The monoisotopic (exact) mass is 301 g/mol. The van der Waals surface area contributed by atoms with Crippen LogP contribution in [0.15, 0.2) is 29.4 Å². The van der Waals surface area contributed by atoms with Crippen molar-refractivity contribution in [1.82, 2.24) is 0 Å². The highest BCUT2D eigenvalue weighted by Crippen LogP contribution is 2.39. The number of hydrogen-bond donors (Lipinski definition) is 0.